The monoisotopic (exact) mass is 287 g/mol. The molecule has 1 N–H and O–H groups in total. The summed E-state index contributed by atoms with van der Waals surface area (Å²) >= 11 is 0. The van der Waals surface area contributed by atoms with E-state index in [9.17, 15) is 14.0 Å². The normalized spacial score (nSPS) is 9.95. The van der Waals surface area contributed by atoms with Gasteiger partial charge < -0.3 is 10.1 Å². The third-order valence-corrected chi connectivity index (χ3v) is 2.83. The van der Waals surface area contributed by atoms with Crippen LogP contribution in [0.1, 0.15) is 11.1 Å². The molecule has 0 heterocycles. The lowest BCUT2D eigenvalue weighted by molar-refractivity contribution is -0.129. The summed E-state index contributed by atoms with van der Waals surface area (Å²) in [7, 11) is 0. The van der Waals surface area contributed by atoms with Gasteiger partial charge in [-0.2, -0.15) is 0 Å². The molecule has 4 nitrogen and oxygen atoms in total. The van der Waals surface area contributed by atoms with Crippen molar-refractivity contribution >= 4 is 18.1 Å². The van der Waals surface area contributed by atoms with E-state index in [1.54, 1.807) is 36.4 Å². The molecular weight excluding hydrogens is 273 g/mol. The standard InChI is InChI=1S/C16H14FNO3/c17-14-5-1-12(2-6-14)9-16(20)18-15-7-3-13(4-8-15)10-21-11-19/h1-8,11H,9-10H2,(H,18,20). The molecule has 2 aromatic carbocycles. The minimum atomic E-state index is -0.327. The number of rotatable bonds is 6. The van der Waals surface area contributed by atoms with E-state index in [1.165, 1.54) is 12.1 Å². The Labute approximate surface area is 121 Å². The second-order valence-corrected chi connectivity index (χ2v) is 4.46. The van der Waals surface area contributed by atoms with E-state index >= 15 is 0 Å². The largest absolute Gasteiger partial charge is 0.463 e. The molecule has 2 rings (SSSR count). The highest BCUT2D eigenvalue weighted by Crippen LogP contribution is 2.11. The number of amides is 1. The fraction of sp³-hybridized carbons (Fsp3) is 0.125. The fourth-order valence-corrected chi connectivity index (χ4v) is 1.81. The second-order valence-electron chi connectivity index (χ2n) is 4.46. The molecule has 0 saturated carbocycles. The van der Waals surface area contributed by atoms with Gasteiger partial charge in [-0.1, -0.05) is 24.3 Å². The predicted octanol–water partition coefficient (Wildman–Crippen LogP) is 2.68. The van der Waals surface area contributed by atoms with Gasteiger partial charge in [0.25, 0.3) is 6.47 Å². The Morgan fingerprint density at radius 2 is 1.67 bits per heavy atom. The maximum atomic E-state index is 12.8. The maximum absolute atomic E-state index is 12.8. The van der Waals surface area contributed by atoms with Gasteiger partial charge in [0.15, 0.2) is 0 Å². The summed E-state index contributed by atoms with van der Waals surface area (Å²) in [5, 5.41) is 2.75. The molecule has 0 aliphatic heterocycles. The van der Waals surface area contributed by atoms with Crippen molar-refractivity contribution in [2.24, 2.45) is 0 Å². The topological polar surface area (TPSA) is 55.4 Å². The number of nitrogens with one attached hydrogen (secondary N) is 1. The molecule has 0 saturated heterocycles. The van der Waals surface area contributed by atoms with E-state index in [4.69, 9.17) is 0 Å². The third kappa shape index (κ3) is 4.72. The van der Waals surface area contributed by atoms with E-state index in [2.05, 4.69) is 10.1 Å². The molecule has 0 atom stereocenters. The van der Waals surface area contributed by atoms with Crippen molar-refractivity contribution < 1.29 is 18.7 Å². The smallest absolute Gasteiger partial charge is 0.293 e. The van der Waals surface area contributed by atoms with Gasteiger partial charge in [-0.3, -0.25) is 9.59 Å². The number of anilines is 1. The summed E-state index contributed by atoms with van der Waals surface area (Å²) in [5.74, 6) is -0.509. The van der Waals surface area contributed by atoms with Crippen molar-refractivity contribution in [3.8, 4) is 0 Å². The van der Waals surface area contributed by atoms with Crippen LogP contribution in [0, 0.1) is 5.82 Å². The SMILES string of the molecule is O=COCc1ccc(NC(=O)Cc2ccc(F)cc2)cc1. The van der Waals surface area contributed by atoms with E-state index in [0.717, 1.165) is 11.1 Å². The molecule has 21 heavy (non-hydrogen) atoms. The van der Waals surface area contributed by atoms with Crippen LogP contribution in [0.2, 0.25) is 0 Å². The van der Waals surface area contributed by atoms with Crippen LogP contribution in [0.3, 0.4) is 0 Å². The van der Waals surface area contributed by atoms with Crippen LogP contribution in [0.4, 0.5) is 10.1 Å². The Morgan fingerprint density at radius 3 is 2.29 bits per heavy atom. The highest BCUT2D eigenvalue weighted by molar-refractivity contribution is 5.92. The summed E-state index contributed by atoms with van der Waals surface area (Å²) in [5.41, 5.74) is 2.22. The first-order valence-electron chi connectivity index (χ1n) is 6.36. The Morgan fingerprint density at radius 1 is 1.05 bits per heavy atom. The van der Waals surface area contributed by atoms with Crippen LogP contribution < -0.4 is 5.32 Å². The third-order valence-electron chi connectivity index (χ3n) is 2.83. The summed E-state index contributed by atoms with van der Waals surface area (Å²) in [6.07, 6.45) is 0.177. The van der Waals surface area contributed by atoms with Gasteiger partial charge in [0, 0.05) is 5.69 Å². The molecule has 0 aromatic heterocycles. The van der Waals surface area contributed by atoms with E-state index < -0.39 is 0 Å². The average Bonchev–Trinajstić information content (AvgIpc) is 2.49. The van der Waals surface area contributed by atoms with E-state index in [0.29, 0.717) is 12.2 Å². The zero-order valence-corrected chi connectivity index (χ0v) is 11.2. The minimum absolute atomic E-state index is 0.177. The number of ether oxygens (including phenoxy) is 1. The van der Waals surface area contributed by atoms with E-state index in [-0.39, 0.29) is 24.8 Å². The van der Waals surface area contributed by atoms with Crippen LogP contribution >= 0.6 is 0 Å². The van der Waals surface area contributed by atoms with Crippen molar-refractivity contribution in [3.63, 3.8) is 0 Å². The van der Waals surface area contributed by atoms with Crippen molar-refractivity contribution in [1.29, 1.82) is 0 Å². The predicted molar refractivity (Wildman–Crippen MR) is 76.0 cm³/mol. The number of hydrogen-bond donors (Lipinski definition) is 1. The highest BCUT2D eigenvalue weighted by atomic mass is 19.1. The quantitative estimate of drug-likeness (QED) is 0.831. The number of carbonyl (C=O) groups excluding carboxylic acids is 2. The lowest BCUT2D eigenvalue weighted by Gasteiger charge is -2.06. The van der Waals surface area contributed by atoms with Gasteiger partial charge in [0.05, 0.1) is 6.42 Å². The van der Waals surface area contributed by atoms with Crippen molar-refractivity contribution in [1.82, 2.24) is 0 Å². The van der Waals surface area contributed by atoms with Crippen LogP contribution in [0.15, 0.2) is 48.5 Å². The first-order valence-corrected chi connectivity index (χ1v) is 6.36. The van der Waals surface area contributed by atoms with Gasteiger partial charge in [-0.15, -0.1) is 0 Å². The molecule has 0 spiro atoms. The van der Waals surface area contributed by atoms with Gasteiger partial charge in [-0.05, 0) is 35.4 Å². The van der Waals surface area contributed by atoms with Gasteiger partial charge in [0.2, 0.25) is 5.91 Å². The van der Waals surface area contributed by atoms with Gasteiger partial charge in [-0.25, -0.2) is 4.39 Å². The van der Waals surface area contributed by atoms with Crippen LogP contribution in [0.5, 0.6) is 0 Å². The summed E-state index contributed by atoms with van der Waals surface area (Å²) in [6.45, 7) is 0.589. The first-order chi connectivity index (χ1) is 10.2. The molecular formula is C16H14FNO3. The molecule has 0 radical (unpaired) electrons. The Hall–Kier alpha value is -2.69. The molecule has 0 bridgehead atoms. The van der Waals surface area contributed by atoms with Crippen molar-refractivity contribution in [2.45, 2.75) is 13.0 Å². The zero-order chi connectivity index (χ0) is 15.1. The first kappa shape index (κ1) is 14.7. The molecule has 5 heteroatoms. The molecule has 0 aliphatic rings. The zero-order valence-electron chi connectivity index (χ0n) is 11.2. The summed E-state index contributed by atoms with van der Waals surface area (Å²) in [4.78, 5) is 21.9. The van der Waals surface area contributed by atoms with Gasteiger partial charge in [0.1, 0.15) is 12.4 Å². The van der Waals surface area contributed by atoms with Crippen LogP contribution in [-0.2, 0) is 27.4 Å². The average molecular weight is 287 g/mol. The summed E-state index contributed by atoms with van der Waals surface area (Å²) < 4.78 is 17.4. The fourth-order valence-electron chi connectivity index (χ4n) is 1.81. The minimum Gasteiger partial charge on any atom is -0.463 e. The highest BCUT2D eigenvalue weighted by Gasteiger charge is 2.04. The lowest BCUT2D eigenvalue weighted by atomic mass is 10.1. The lowest BCUT2D eigenvalue weighted by Crippen LogP contribution is -2.14. The maximum Gasteiger partial charge on any atom is 0.293 e. The van der Waals surface area contributed by atoms with Crippen LogP contribution in [-0.4, -0.2) is 12.4 Å². The number of hydrogen-bond acceptors (Lipinski definition) is 3. The Bertz CT molecular complexity index is 608. The number of halogens is 1. The van der Waals surface area contributed by atoms with Crippen molar-refractivity contribution in [2.75, 3.05) is 5.32 Å². The number of benzene rings is 2. The summed E-state index contributed by atoms with van der Waals surface area (Å²) in [6, 6.07) is 12.8. The molecule has 1 amide bonds. The Kier molecular flexibility index (Phi) is 5.04. The Balaban J connectivity index is 1.90. The molecule has 0 aliphatic carbocycles. The van der Waals surface area contributed by atoms with Crippen LogP contribution in [0.25, 0.3) is 0 Å². The molecule has 0 fully saturated rings. The number of carbonyl (C=O) groups is 2. The molecule has 108 valence electrons. The molecule has 0 unspecified atom stereocenters. The molecule has 2 aromatic rings. The second kappa shape index (κ2) is 7.19. The van der Waals surface area contributed by atoms with E-state index in [1.807, 2.05) is 0 Å². The van der Waals surface area contributed by atoms with Crippen molar-refractivity contribution in [3.05, 3.63) is 65.5 Å². The van der Waals surface area contributed by atoms with Gasteiger partial charge >= 0.3 is 0 Å².